The third-order valence-electron chi connectivity index (χ3n) is 2.54. The second-order valence-corrected chi connectivity index (χ2v) is 3.98. The molecule has 0 fully saturated rings. The number of carboxylic acids is 1. The van der Waals surface area contributed by atoms with Crippen LogP contribution in [0.2, 0.25) is 0 Å². The van der Waals surface area contributed by atoms with Crippen molar-refractivity contribution in [2.24, 2.45) is 0 Å². The van der Waals surface area contributed by atoms with Crippen molar-refractivity contribution < 1.29 is 14.7 Å². The molecule has 0 aliphatic heterocycles. The number of carbonyl (C=O) groups is 2. The standard InChI is InChI=1S/C13H13N3O3/c17-12(5-6-13(18)19)16-10-3-1-9(2-4-10)11-7-14-8-15-11/h1-4,7-8H,5-6H2,(H,14,15)(H,16,17)(H,18,19). The molecule has 0 aliphatic carbocycles. The summed E-state index contributed by atoms with van der Waals surface area (Å²) in [5.41, 5.74) is 2.49. The van der Waals surface area contributed by atoms with Gasteiger partial charge in [0.05, 0.1) is 24.6 Å². The fraction of sp³-hybridized carbons (Fsp3) is 0.154. The summed E-state index contributed by atoms with van der Waals surface area (Å²) in [5.74, 6) is -1.29. The molecule has 0 saturated carbocycles. The number of carboxylic acid groups (broad SMARTS) is 1. The van der Waals surface area contributed by atoms with Gasteiger partial charge >= 0.3 is 5.97 Å². The highest BCUT2D eigenvalue weighted by molar-refractivity contribution is 5.92. The van der Waals surface area contributed by atoms with E-state index in [0.29, 0.717) is 5.69 Å². The number of hydrogen-bond donors (Lipinski definition) is 3. The lowest BCUT2D eigenvalue weighted by molar-refractivity contribution is -0.138. The Morgan fingerprint density at radius 2 is 1.95 bits per heavy atom. The van der Waals surface area contributed by atoms with Crippen molar-refractivity contribution in [3.05, 3.63) is 36.8 Å². The topological polar surface area (TPSA) is 95.1 Å². The van der Waals surface area contributed by atoms with Crippen molar-refractivity contribution in [2.45, 2.75) is 12.8 Å². The van der Waals surface area contributed by atoms with Crippen molar-refractivity contribution in [1.29, 1.82) is 0 Å². The molecule has 19 heavy (non-hydrogen) atoms. The fourth-order valence-corrected chi connectivity index (χ4v) is 1.59. The molecule has 2 aromatic rings. The summed E-state index contributed by atoms with van der Waals surface area (Å²) in [6.07, 6.45) is 3.10. The van der Waals surface area contributed by atoms with E-state index in [1.54, 1.807) is 24.7 Å². The van der Waals surface area contributed by atoms with Gasteiger partial charge in [0.15, 0.2) is 0 Å². The fourth-order valence-electron chi connectivity index (χ4n) is 1.59. The van der Waals surface area contributed by atoms with E-state index in [1.807, 2.05) is 12.1 Å². The minimum atomic E-state index is -0.982. The van der Waals surface area contributed by atoms with Gasteiger partial charge in [-0.25, -0.2) is 4.98 Å². The molecule has 98 valence electrons. The van der Waals surface area contributed by atoms with Gasteiger partial charge in [-0.1, -0.05) is 12.1 Å². The number of aromatic nitrogens is 2. The Morgan fingerprint density at radius 3 is 2.53 bits per heavy atom. The average Bonchev–Trinajstić information content (AvgIpc) is 2.91. The second-order valence-electron chi connectivity index (χ2n) is 3.98. The van der Waals surface area contributed by atoms with Gasteiger partial charge in [-0.3, -0.25) is 9.59 Å². The molecule has 3 N–H and O–H groups in total. The van der Waals surface area contributed by atoms with Crippen LogP contribution in [0.15, 0.2) is 36.8 Å². The Balaban J connectivity index is 1.95. The molecule has 6 nitrogen and oxygen atoms in total. The lowest BCUT2D eigenvalue weighted by Crippen LogP contribution is -2.13. The summed E-state index contributed by atoms with van der Waals surface area (Å²) in [6.45, 7) is 0. The molecular weight excluding hydrogens is 246 g/mol. The van der Waals surface area contributed by atoms with E-state index in [0.717, 1.165) is 11.3 Å². The van der Waals surface area contributed by atoms with Crippen molar-refractivity contribution in [3.63, 3.8) is 0 Å². The van der Waals surface area contributed by atoms with Gasteiger partial charge in [-0.15, -0.1) is 0 Å². The smallest absolute Gasteiger partial charge is 0.303 e. The summed E-state index contributed by atoms with van der Waals surface area (Å²) in [5, 5.41) is 11.1. The number of carbonyl (C=O) groups excluding carboxylic acids is 1. The molecule has 1 amide bonds. The summed E-state index contributed by atoms with van der Waals surface area (Å²) < 4.78 is 0. The number of hydrogen-bond acceptors (Lipinski definition) is 3. The van der Waals surface area contributed by atoms with E-state index < -0.39 is 5.97 Å². The van der Waals surface area contributed by atoms with Gasteiger partial charge in [0.25, 0.3) is 0 Å². The van der Waals surface area contributed by atoms with Crippen molar-refractivity contribution >= 4 is 17.6 Å². The summed E-state index contributed by atoms with van der Waals surface area (Å²) in [7, 11) is 0. The van der Waals surface area contributed by atoms with Gasteiger partial charge < -0.3 is 15.4 Å². The van der Waals surface area contributed by atoms with Crippen molar-refractivity contribution in [1.82, 2.24) is 9.97 Å². The van der Waals surface area contributed by atoms with Crippen LogP contribution in [0.25, 0.3) is 11.3 Å². The first-order chi connectivity index (χ1) is 9.15. The van der Waals surface area contributed by atoms with Gasteiger partial charge in [-0.2, -0.15) is 0 Å². The Labute approximate surface area is 109 Å². The van der Waals surface area contributed by atoms with Crippen LogP contribution < -0.4 is 5.32 Å². The van der Waals surface area contributed by atoms with Crippen LogP contribution in [0.3, 0.4) is 0 Å². The Morgan fingerprint density at radius 1 is 1.21 bits per heavy atom. The molecule has 0 atom stereocenters. The van der Waals surface area contributed by atoms with Gasteiger partial charge in [0, 0.05) is 12.1 Å². The number of H-pyrrole nitrogens is 1. The summed E-state index contributed by atoms with van der Waals surface area (Å²) in [6, 6.07) is 7.21. The third kappa shape index (κ3) is 3.67. The second kappa shape index (κ2) is 5.81. The predicted molar refractivity (Wildman–Crippen MR) is 69.5 cm³/mol. The van der Waals surface area contributed by atoms with Gasteiger partial charge in [0.1, 0.15) is 0 Å². The molecule has 1 heterocycles. The summed E-state index contributed by atoms with van der Waals surface area (Å²) >= 11 is 0. The molecule has 2 rings (SSSR count). The lowest BCUT2D eigenvalue weighted by Gasteiger charge is -2.05. The molecule has 1 aromatic carbocycles. The molecular formula is C13H13N3O3. The molecule has 0 saturated heterocycles. The number of nitrogens with one attached hydrogen (secondary N) is 2. The predicted octanol–water partition coefficient (Wildman–Crippen LogP) is 1.88. The summed E-state index contributed by atoms with van der Waals surface area (Å²) in [4.78, 5) is 28.7. The Bertz CT molecular complexity index is 561. The van der Waals surface area contributed by atoms with Crippen LogP contribution in [0, 0.1) is 0 Å². The van der Waals surface area contributed by atoms with E-state index in [-0.39, 0.29) is 18.7 Å². The number of rotatable bonds is 5. The van der Waals surface area contributed by atoms with E-state index in [1.165, 1.54) is 0 Å². The largest absolute Gasteiger partial charge is 0.481 e. The van der Waals surface area contributed by atoms with E-state index in [2.05, 4.69) is 15.3 Å². The quantitative estimate of drug-likeness (QED) is 0.764. The molecule has 0 unspecified atom stereocenters. The minimum absolute atomic E-state index is 0.0301. The first kappa shape index (κ1) is 12.8. The van der Waals surface area contributed by atoms with Crippen LogP contribution in [0.1, 0.15) is 12.8 Å². The van der Waals surface area contributed by atoms with Crippen LogP contribution in [0.4, 0.5) is 5.69 Å². The van der Waals surface area contributed by atoms with E-state index >= 15 is 0 Å². The van der Waals surface area contributed by atoms with Crippen LogP contribution in [-0.4, -0.2) is 27.0 Å². The molecule has 0 spiro atoms. The first-order valence-corrected chi connectivity index (χ1v) is 5.75. The van der Waals surface area contributed by atoms with Crippen LogP contribution in [-0.2, 0) is 9.59 Å². The maximum Gasteiger partial charge on any atom is 0.303 e. The maximum absolute atomic E-state index is 11.4. The number of benzene rings is 1. The maximum atomic E-state index is 11.4. The van der Waals surface area contributed by atoms with Crippen LogP contribution >= 0.6 is 0 Å². The van der Waals surface area contributed by atoms with Gasteiger partial charge in [-0.05, 0) is 17.7 Å². The van der Waals surface area contributed by atoms with Gasteiger partial charge in [0.2, 0.25) is 5.91 Å². The van der Waals surface area contributed by atoms with E-state index in [9.17, 15) is 9.59 Å². The zero-order chi connectivity index (χ0) is 13.7. The highest BCUT2D eigenvalue weighted by Crippen LogP contribution is 2.18. The molecule has 6 heteroatoms. The molecule has 0 bridgehead atoms. The van der Waals surface area contributed by atoms with Crippen molar-refractivity contribution in [3.8, 4) is 11.3 Å². The third-order valence-corrected chi connectivity index (χ3v) is 2.54. The number of nitrogens with zero attached hydrogens (tertiary/aromatic N) is 1. The number of amides is 1. The van der Waals surface area contributed by atoms with E-state index in [4.69, 9.17) is 5.11 Å². The molecule has 0 aliphatic rings. The molecule has 0 radical (unpaired) electrons. The monoisotopic (exact) mass is 259 g/mol. The number of aliphatic carboxylic acids is 1. The first-order valence-electron chi connectivity index (χ1n) is 5.75. The number of imidazole rings is 1. The van der Waals surface area contributed by atoms with Crippen LogP contribution in [0.5, 0.6) is 0 Å². The average molecular weight is 259 g/mol. The normalized spacial score (nSPS) is 10.1. The zero-order valence-corrected chi connectivity index (χ0v) is 10.1. The number of anilines is 1. The number of aromatic amines is 1. The lowest BCUT2D eigenvalue weighted by atomic mass is 10.1. The minimum Gasteiger partial charge on any atom is -0.481 e. The SMILES string of the molecule is O=C(O)CCC(=O)Nc1ccc(-c2cnc[nH]2)cc1. The highest BCUT2D eigenvalue weighted by Gasteiger charge is 2.06. The Kier molecular flexibility index (Phi) is 3.92. The molecule has 1 aromatic heterocycles. The zero-order valence-electron chi connectivity index (χ0n) is 10.1. The highest BCUT2D eigenvalue weighted by atomic mass is 16.4. The Hall–Kier alpha value is -2.63. The van der Waals surface area contributed by atoms with Crippen molar-refractivity contribution in [2.75, 3.05) is 5.32 Å².